The van der Waals surface area contributed by atoms with Crippen molar-refractivity contribution in [2.45, 2.75) is 12.8 Å². The highest BCUT2D eigenvalue weighted by Crippen LogP contribution is 2.32. The smallest absolute Gasteiger partial charge is 0.0340 e. The second-order valence-corrected chi connectivity index (χ2v) is 4.56. The van der Waals surface area contributed by atoms with E-state index in [-0.39, 0.29) is 0 Å². The molecule has 78 valence electrons. The van der Waals surface area contributed by atoms with Gasteiger partial charge in [0.05, 0.1) is 0 Å². The van der Waals surface area contributed by atoms with Crippen molar-refractivity contribution in [1.29, 1.82) is 0 Å². The van der Waals surface area contributed by atoms with Crippen molar-refractivity contribution in [3.8, 4) is 0 Å². The molecule has 3 aliphatic rings. The number of nitrogens with zero attached hydrogens (tertiary/aromatic N) is 2. The van der Waals surface area contributed by atoms with Crippen LogP contribution in [0.3, 0.4) is 0 Å². The van der Waals surface area contributed by atoms with Gasteiger partial charge in [0.1, 0.15) is 0 Å². The summed E-state index contributed by atoms with van der Waals surface area (Å²) in [7, 11) is 0. The van der Waals surface area contributed by atoms with E-state index in [1.807, 2.05) is 18.5 Å². The van der Waals surface area contributed by atoms with E-state index in [4.69, 9.17) is 0 Å². The van der Waals surface area contributed by atoms with E-state index in [1.165, 1.54) is 38.0 Å². The van der Waals surface area contributed by atoms with Crippen molar-refractivity contribution < 1.29 is 0 Å². The molecule has 3 aliphatic heterocycles. The highest BCUT2D eigenvalue weighted by molar-refractivity contribution is 5.53. The first-order chi connectivity index (χ1) is 7.42. The Morgan fingerprint density at radius 3 is 2.80 bits per heavy atom. The normalized spacial score (nSPS) is 32.1. The molecule has 0 unspecified atom stereocenters. The maximum Gasteiger partial charge on any atom is 0.0340 e. The summed E-state index contributed by atoms with van der Waals surface area (Å²) in [6.45, 7) is 3.78. The van der Waals surface area contributed by atoms with Gasteiger partial charge in [-0.2, -0.15) is 0 Å². The second kappa shape index (κ2) is 3.78. The van der Waals surface area contributed by atoms with Gasteiger partial charge >= 0.3 is 0 Å². The van der Waals surface area contributed by atoms with Crippen molar-refractivity contribution in [3.63, 3.8) is 0 Å². The molecule has 2 bridgehead atoms. The Balaban J connectivity index is 1.85. The van der Waals surface area contributed by atoms with Gasteiger partial charge in [0.2, 0.25) is 0 Å². The molecule has 4 heterocycles. The number of hydrogen-bond donors (Lipinski definition) is 0. The van der Waals surface area contributed by atoms with Crippen LogP contribution in [-0.2, 0) is 0 Å². The van der Waals surface area contributed by atoms with Gasteiger partial charge < -0.3 is 0 Å². The van der Waals surface area contributed by atoms with E-state index in [0.717, 1.165) is 5.92 Å². The quantitative estimate of drug-likeness (QED) is 0.691. The minimum Gasteiger partial charge on any atom is -0.299 e. The van der Waals surface area contributed by atoms with Gasteiger partial charge in [-0.15, -0.1) is 0 Å². The first-order valence-electron chi connectivity index (χ1n) is 5.75. The Bertz CT molecular complexity index is 361. The lowest BCUT2D eigenvalue weighted by Crippen LogP contribution is -2.42. The third kappa shape index (κ3) is 1.82. The lowest BCUT2D eigenvalue weighted by atomic mass is 9.83. The minimum absolute atomic E-state index is 0.843. The highest BCUT2D eigenvalue weighted by atomic mass is 15.1. The molecule has 0 atom stereocenters. The van der Waals surface area contributed by atoms with Crippen molar-refractivity contribution in [3.05, 3.63) is 35.7 Å². The van der Waals surface area contributed by atoms with Crippen LogP contribution >= 0.6 is 0 Å². The summed E-state index contributed by atoms with van der Waals surface area (Å²) in [5, 5.41) is 0. The molecule has 2 nitrogen and oxygen atoms in total. The summed E-state index contributed by atoms with van der Waals surface area (Å²) >= 11 is 0. The van der Waals surface area contributed by atoms with Crippen molar-refractivity contribution in [1.82, 2.24) is 9.88 Å². The molecular weight excluding hydrogens is 184 g/mol. The SMILES string of the molecule is C(=C1/CN2CCC1CC2)/c1cccnc1. The summed E-state index contributed by atoms with van der Waals surface area (Å²) in [5.74, 6) is 0.843. The average Bonchev–Trinajstić information content (AvgIpc) is 2.32. The maximum absolute atomic E-state index is 4.15. The number of hydrogen-bond acceptors (Lipinski definition) is 2. The molecule has 0 N–H and O–H groups in total. The van der Waals surface area contributed by atoms with Crippen molar-refractivity contribution in [2.75, 3.05) is 19.6 Å². The molecule has 0 radical (unpaired) electrons. The monoisotopic (exact) mass is 200 g/mol. The first-order valence-corrected chi connectivity index (χ1v) is 5.75. The molecule has 1 aromatic rings. The van der Waals surface area contributed by atoms with Crippen LogP contribution in [-0.4, -0.2) is 29.5 Å². The van der Waals surface area contributed by atoms with Crippen LogP contribution in [0, 0.1) is 5.92 Å². The lowest BCUT2D eigenvalue weighted by molar-refractivity contribution is 0.163. The van der Waals surface area contributed by atoms with Gasteiger partial charge in [-0.1, -0.05) is 17.7 Å². The number of piperidine rings is 3. The largest absolute Gasteiger partial charge is 0.299 e. The zero-order valence-electron chi connectivity index (χ0n) is 8.89. The standard InChI is InChI=1S/C13H16N2/c1-2-11(9-14-5-1)8-13-10-15-6-3-12(13)4-7-15/h1-2,5,8-9,12H,3-4,6-7,10H2/b13-8+. The van der Waals surface area contributed by atoms with Gasteiger partial charge in [0.25, 0.3) is 0 Å². The van der Waals surface area contributed by atoms with Gasteiger partial charge in [-0.3, -0.25) is 9.88 Å². The molecule has 3 saturated heterocycles. The predicted molar refractivity (Wildman–Crippen MR) is 61.4 cm³/mol. The summed E-state index contributed by atoms with van der Waals surface area (Å²) in [5.41, 5.74) is 2.86. The van der Waals surface area contributed by atoms with Crippen LogP contribution in [0.15, 0.2) is 30.1 Å². The number of fused-ring (bicyclic) bond motifs is 3. The third-order valence-corrected chi connectivity index (χ3v) is 3.55. The zero-order chi connectivity index (χ0) is 10.1. The zero-order valence-corrected chi connectivity index (χ0v) is 8.89. The van der Waals surface area contributed by atoms with Crippen LogP contribution < -0.4 is 0 Å². The Kier molecular flexibility index (Phi) is 2.29. The molecule has 15 heavy (non-hydrogen) atoms. The van der Waals surface area contributed by atoms with E-state index >= 15 is 0 Å². The Hall–Kier alpha value is -1.15. The molecule has 0 amide bonds. The number of aromatic nitrogens is 1. The predicted octanol–water partition coefficient (Wildman–Crippen LogP) is 2.19. The van der Waals surface area contributed by atoms with Crippen molar-refractivity contribution in [2.24, 2.45) is 5.92 Å². The Labute approximate surface area is 90.6 Å². The number of pyridine rings is 1. The number of rotatable bonds is 1. The molecule has 4 rings (SSSR count). The van der Waals surface area contributed by atoms with E-state index in [1.54, 1.807) is 5.57 Å². The molecule has 1 aromatic heterocycles. The fraction of sp³-hybridized carbons (Fsp3) is 0.462. The van der Waals surface area contributed by atoms with E-state index in [9.17, 15) is 0 Å². The van der Waals surface area contributed by atoms with Gasteiger partial charge in [0.15, 0.2) is 0 Å². The van der Waals surface area contributed by atoms with Crippen LogP contribution in [0.1, 0.15) is 18.4 Å². The fourth-order valence-electron chi connectivity index (χ4n) is 2.69. The minimum atomic E-state index is 0.843. The topological polar surface area (TPSA) is 16.1 Å². The van der Waals surface area contributed by atoms with Gasteiger partial charge in [-0.05, 0) is 43.5 Å². The third-order valence-electron chi connectivity index (χ3n) is 3.55. The molecule has 0 aliphatic carbocycles. The first kappa shape index (κ1) is 9.10. The maximum atomic E-state index is 4.15. The van der Waals surface area contributed by atoms with E-state index in [2.05, 4.69) is 22.0 Å². The average molecular weight is 200 g/mol. The van der Waals surface area contributed by atoms with Gasteiger partial charge in [0, 0.05) is 18.9 Å². The summed E-state index contributed by atoms with van der Waals surface area (Å²) in [6, 6.07) is 4.14. The van der Waals surface area contributed by atoms with E-state index in [0.29, 0.717) is 0 Å². The van der Waals surface area contributed by atoms with E-state index < -0.39 is 0 Å². The summed E-state index contributed by atoms with van der Waals surface area (Å²) in [6.07, 6.45) is 8.82. The van der Waals surface area contributed by atoms with Crippen LogP contribution in [0.25, 0.3) is 6.08 Å². The molecule has 0 aromatic carbocycles. The van der Waals surface area contributed by atoms with Crippen LogP contribution in [0.5, 0.6) is 0 Å². The summed E-state index contributed by atoms with van der Waals surface area (Å²) < 4.78 is 0. The highest BCUT2D eigenvalue weighted by Gasteiger charge is 2.28. The summed E-state index contributed by atoms with van der Waals surface area (Å²) in [4.78, 5) is 6.71. The second-order valence-electron chi connectivity index (χ2n) is 4.56. The fourth-order valence-corrected chi connectivity index (χ4v) is 2.69. The molecule has 2 heteroatoms. The van der Waals surface area contributed by atoms with Crippen LogP contribution in [0.2, 0.25) is 0 Å². The molecule has 0 saturated carbocycles. The Morgan fingerprint density at radius 2 is 2.20 bits per heavy atom. The van der Waals surface area contributed by atoms with Crippen molar-refractivity contribution >= 4 is 6.08 Å². The van der Waals surface area contributed by atoms with Crippen LogP contribution in [0.4, 0.5) is 0 Å². The van der Waals surface area contributed by atoms with Gasteiger partial charge in [-0.25, -0.2) is 0 Å². The lowest BCUT2D eigenvalue weighted by Gasteiger charge is -2.41. The molecule has 3 fully saturated rings. The molecule has 0 spiro atoms. The molecular formula is C13H16N2. The Morgan fingerprint density at radius 1 is 1.33 bits per heavy atom.